The number of hydrogen-bond acceptors (Lipinski definition) is 6. The highest BCUT2D eigenvalue weighted by Crippen LogP contribution is 2.32. The van der Waals surface area contributed by atoms with E-state index in [4.69, 9.17) is 4.42 Å². The summed E-state index contributed by atoms with van der Waals surface area (Å²) in [5, 5.41) is 12.5. The lowest BCUT2D eigenvalue weighted by Gasteiger charge is -2.23. The molecule has 186 valence electrons. The van der Waals surface area contributed by atoms with Crippen LogP contribution in [0.2, 0.25) is 0 Å². The molecule has 1 aliphatic heterocycles. The number of aromatic nitrogens is 1. The number of nitrogens with one attached hydrogen (secondary N) is 1. The summed E-state index contributed by atoms with van der Waals surface area (Å²) in [6.07, 6.45) is 1.55. The van der Waals surface area contributed by atoms with Crippen molar-refractivity contribution in [3.05, 3.63) is 120 Å². The number of rotatable bonds is 5. The molecule has 2 N–H and O–H groups in total. The topological polar surface area (TPSA) is 114 Å². The number of carbonyl (C=O) groups is 2. The molecule has 0 fully saturated rings. The average molecular weight is 514 g/mol. The van der Waals surface area contributed by atoms with E-state index in [1.807, 2.05) is 31.2 Å². The van der Waals surface area contributed by atoms with Gasteiger partial charge in [-0.1, -0.05) is 47.7 Å². The SMILES string of the molecule is CC1=C(C(=O)Nc2ccccc2C)C(c2ccc(C)o2)n2c(s/c(=C/c3ccccc3C(=O)O)c2=O)=N1. The van der Waals surface area contributed by atoms with Crippen LogP contribution in [0.1, 0.15) is 46.0 Å². The van der Waals surface area contributed by atoms with Crippen LogP contribution >= 0.6 is 11.3 Å². The number of benzene rings is 2. The molecule has 37 heavy (non-hydrogen) atoms. The van der Waals surface area contributed by atoms with Crippen molar-refractivity contribution in [1.29, 1.82) is 0 Å². The van der Waals surface area contributed by atoms with Gasteiger partial charge in [-0.25, -0.2) is 9.79 Å². The molecule has 0 bridgehead atoms. The third-order valence-electron chi connectivity index (χ3n) is 6.17. The van der Waals surface area contributed by atoms with E-state index in [1.54, 1.807) is 50.3 Å². The molecule has 1 aliphatic rings. The van der Waals surface area contributed by atoms with Crippen LogP contribution in [-0.4, -0.2) is 21.6 Å². The van der Waals surface area contributed by atoms with Gasteiger partial charge in [0.25, 0.3) is 11.5 Å². The van der Waals surface area contributed by atoms with Crippen molar-refractivity contribution in [2.45, 2.75) is 26.8 Å². The molecule has 1 amide bonds. The molecular formula is C28H23N3O5S. The van der Waals surface area contributed by atoms with Crippen LogP contribution in [0.3, 0.4) is 0 Å². The molecule has 0 saturated heterocycles. The van der Waals surface area contributed by atoms with E-state index in [9.17, 15) is 19.5 Å². The van der Waals surface area contributed by atoms with Crippen molar-refractivity contribution in [1.82, 2.24) is 4.57 Å². The highest BCUT2D eigenvalue weighted by Gasteiger charge is 2.34. The predicted octanol–water partition coefficient (Wildman–Crippen LogP) is 3.78. The molecule has 2 aromatic heterocycles. The number of fused-ring (bicyclic) bond motifs is 1. The van der Waals surface area contributed by atoms with Gasteiger partial charge in [-0.3, -0.25) is 14.2 Å². The van der Waals surface area contributed by atoms with Gasteiger partial charge in [-0.05, 0) is 62.2 Å². The summed E-state index contributed by atoms with van der Waals surface area (Å²) in [7, 11) is 0. The lowest BCUT2D eigenvalue weighted by Crippen LogP contribution is -2.40. The van der Waals surface area contributed by atoms with E-state index in [2.05, 4.69) is 10.3 Å². The Kier molecular flexibility index (Phi) is 6.22. The summed E-state index contributed by atoms with van der Waals surface area (Å²) in [5.74, 6) is -0.407. The number of allylic oxidation sites excluding steroid dienone is 1. The first-order chi connectivity index (χ1) is 17.7. The van der Waals surface area contributed by atoms with Crippen LogP contribution in [0, 0.1) is 13.8 Å². The number of carboxylic acid groups (broad SMARTS) is 1. The fourth-order valence-corrected chi connectivity index (χ4v) is 5.38. The molecular weight excluding hydrogens is 490 g/mol. The molecule has 2 aromatic carbocycles. The number of carboxylic acids is 1. The Labute approximate surface area is 215 Å². The van der Waals surface area contributed by atoms with Crippen LogP contribution < -0.4 is 20.2 Å². The Bertz CT molecular complexity index is 1770. The fourth-order valence-electron chi connectivity index (χ4n) is 4.34. The Morgan fingerprint density at radius 1 is 1.05 bits per heavy atom. The lowest BCUT2D eigenvalue weighted by molar-refractivity contribution is -0.113. The molecule has 8 nitrogen and oxygen atoms in total. The normalized spacial score (nSPS) is 15.3. The zero-order valence-corrected chi connectivity index (χ0v) is 21.1. The van der Waals surface area contributed by atoms with Gasteiger partial charge in [0, 0.05) is 5.69 Å². The summed E-state index contributed by atoms with van der Waals surface area (Å²) in [5.41, 5.74) is 2.41. The number of carbonyl (C=O) groups excluding carboxylic acids is 1. The van der Waals surface area contributed by atoms with Gasteiger partial charge >= 0.3 is 5.97 Å². The molecule has 1 atom stereocenters. The quantitative estimate of drug-likeness (QED) is 0.422. The first-order valence-corrected chi connectivity index (χ1v) is 12.3. The molecule has 3 heterocycles. The number of amides is 1. The van der Waals surface area contributed by atoms with Crippen LogP contribution in [0.5, 0.6) is 0 Å². The maximum Gasteiger partial charge on any atom is 0.336 e. The van der Waals surface area contributed by atoms with E-state index < -0.39 is 17.6 Å². The van der Waals surface area contributed by atoms with E-state index in [-0.39, 0.29) is 11.5 Å². The smallest absolute Gasteiger partial charge is 0.336 e. The molecule has 4 aromatic rings. The van der Waals surface area contributed by atoms with Gasteiger partial charge < -0.3 is 14.8 Å². The highest BCUT2D eigenvalue weighted by atomic mass is 32.1. The summed E-state index contributed by atoms with van der Waals surface area (Å²) in [6.45, 7) is 5.42. The summed E-state index contributed by atoms with van der Waals surface area (Å²) < 4.78 is 7.66. The molecule has 0 spiro atoms. The van der Waals surface area contributed by atoms with Crippen molar-refractivity contribution in [3.8, 4) is 0 Å². The number of nitrogens with zero attached hydrogens (tertiary/aromatic N) is 2. The number of para-hydroxylation sites is 1. The predicted molar refractivity (Wildman–Crippen MR) is 140 cm³/mol. The minimum Gasteiger partial charge on any atom is -0.478 e. The minimum atomic E-state index is -1.09. The van der Waals surface area contributed by atoms with Crippen LogP contribution in [0.25, 0.3) is 6.08 Å². The van der Waals surface area contributed by atoms with Crippen LogP contribution in [0.4, 0.5) is 5.69 Å². The number of aromatic carboxylic acids is 1. The third kappa shape index (κ3) is 4.45. The third-order valence-corrected chi connectivity index (χ3v) is 7.15. The Hall–Kier alpha value is -4.50. The summed E-state index contributed by atoms with van der Waals surface area (Å²) >= 11 is 1.13. The Morgan fingerprint density at radius 2 is 1.78 bits per heavy atom. The van der Waals surface area contributed by atoms with E-state index in [0.717, 1.165) is 16.9 Å². The standard InChI is InChI=1S/C28H23N3O5S/c1-15-8-4-7-11-20(15)30-25(32)23-17(3)29-28-31(24(23)21-13-12-16(2)36-21)26(33)22(37-28)14-18-9-5-6-10-19(18)27(34)35/h4-14,24H,1-3H3,(H,30,32)(H,34,35)/b22-14+. The van der Waals surface area contributed by atoms with Gasteiger partial charge in [0.05, 0.1) is 21.4 Å². The van der Waals surface area contributed by atoms with Crippen molar-refractivity contribution < 1.29 is 19.1 Å². The molecule has 9 heteroatoms. The molecule has 0 saturated carbocycles. The molecule has 5 rings (SSSR count). The second-order valence-electron chi connectivity index (χ2n) is 8.69. The van der Waals surface area contributed by atoms with E-state index in [0.29, 0.717) is 43.4 Å². The lowest BCUT2D eigenvalue weighted by atomic mass is 10.00. The van der Waals surface area contributed by atoms with E-state index in [1.165, 1.54) is 10.6 Å². The monoisotopic (exact) mass is 513 g/mol. The maximum absolute atomic E-state index is 13.7. The van der Waals surface area contributed by atoms with Gasteiger partial charge in [0.1, 0.15) is 17.6 Å². The molecule has 1 unspecified atom stereocenters. The van der Waals surface area contributed by atoms with Gasteiger partial charge in [-0.15, -0.1) is 0 Å². The second-order valence-corrected chi connectivity index (χ2v) is 9.70. The number of aryl methyl sites for hydroxylation is 2. The first kappa shape index (κ1) is 24.2. The van der Waals surface area contributed by atoms with Gasteiger partial charge in [0.2, 0.25) is 0 Å². The Balaban J connectivity index is 1.68. The zero-order chi connectivity index (χ0) is 26.3. The summed E-state index contributed by atoms with van der Waals surface area (Å²) in [4.78, 5) is 44.0. The van der Waals surface area contributed by atoms with Gasteiger partial charge in [-0.2, -0.15) is 0 Å². The molecule has 0 aliphatic carbocycles. The largest absolute Gasteiger partial charge is 0.478 e. The number of furan rings is 1. The van der Waals surface area contributed by atoms with Crippen molar-refractivity contribution >= 4 is 35.0 Å². The Morgan fingerprint density at radius 3 is 2.49 bits per heavy atom. The highest BCUT2D eigenvalue weighted by molar-refractivity contribution is 7.07. The van der Waals surface area contributed by atoms with Crippen molar-refractivity contribution in [2.24, 2.45) is 4.99 Å². The van der Waals surface area contributed by atoms with Gasteiger partial charge in [0.15, 0.2) is 4.80 Å². The van der Waals surface area contributed by atoms with Crippen LogP contribution in [0.15, 0.2) is 86.1 Å². The average Bonchev–Trinajstić information content (AvgIpc) is 3.42. The van der Waals surface area contributed by atoms with E-state index >= 15 is 0 Å². The molecule has 0 radical (unpaired) electrons. The first-order valence-electron chi connectivity index (χ1n) is 11.5. The number of anilines is 1. The number of hydrogen-bond donors (Lipinski definition) is 2. The second kappa shape index (κ2) is 9.51. The minimum absolute atomic E-state index is 0.0843. The fraction of sp³-hybridized carbons (Fsp3) is 0.143. The maximum atomic E-state index is 13.7. The van der Waals surface area contributed by atoms with Crippen molar-refractivity contribution in [3.63, 3.8) is 0 Å². The summed E-state index contributed by atoms with van der Waals surface area (Å²) in [6, 6.07) is 16.6. The van der Waals surface area contributed by atoms with Crippen molar-refractivity contribution in [2.75, 3.05) is 5.32 Å². The van der Waals surface area contributed by atoms with Crippen LogP contribution in [-0.2, 0) is 4.79 Å². The number of thiazole rings is 1. The zero-order valence-electron chi connectivity index (χ0n) is 20.3.